The van der Waals surface area contributed by atoms with E-state index in [0.717, 1.165) is 21.6 Å². The van der Waals surface area contributed by atoms with E-state index in [1.165, 1.54) is 17.0 Å². The van der Waals surface area contributed by atoms with E-state index in [1.54, 1.807) is 6.26 Å². The van der Waals surface area contributed by atoms with Crippen molar-refractivity contribution >= 4 is 33.3 Å². The molecule has 1 saturated heterocycles. The van der Waals surface area contributed by atoms with Gasteiger partial charge in [0.15, 0.2) is 5.11 Å². The number of hydrogen-bond acceptors (Lipinski definition) is 3. The molecule has 0 unspecified atom stereocenters. The lowest BCUT2D eigenvalue weighted by molar-refractivity contribution is 0.286. The molecule has 2 atom stereocenters. The molecule has 0 spiro atoms. The summed E-state index contributed by atoms with van der Waals surface area (Å²) in [4.78, 5) is 6.86. The average molecular weight is 507 g/mol. The number of nitrogens with one attached hydrogen (secondary N) is 1. The Hall–Kier alpha value is -2.90. The number of aryl methyl sites for hydroxylation is 1. The van der Waals surface area contributed by atoms with Crippen LogP contribution < -0.4 is 5.32 Å². The molecule has 1 aliphatic rings. The van der Waals surface area contributed by atoms with Crippen molar-refractivity contribution in [1.29, 1.82) is 0 Å². The van der Waals surface area contributed by atoms with Crippen molar-refractivity contribution in [3.63, 3.8) is 0 Å². The van der Waals surface area contributed by atoms with E-state index in [1.807, 2.05) is 36.5 Å². The van der Waals surface area contributed by atoms with Crippen molar-refractivity contribution in [1.82, 2.24) is 19.8 Å². The molecule has 3 aromatic heterocycles. The highest BCUT2D eigenvalue weighted by Crippen LogP contribution is 2.42. The van der Waals surface area contributed by atoms with Gasteiger partial charge in [0.25, 0.3) is 0 Å². The lowest BCUT2D eigenvalue weighted by Gasteiger charge is -2.27. The van der Waals surface area contributed by atoms with Gasteiger partial charge in [-0.3, -0.25) is 4.98 Å². The number of nitrogens with zero attached hydrogens (tertiary/aromatic N) is 3. The zero-order valence-electron chi connectivity index (χ0n) is 17.8. The molecule has 4 heterocycles. The summed E-state index contributed by atoms with van der Waals surface area (Å²) in [7, 11) is 0. The van der Waals surface area contributed by atoms with E-state index < -0.39 is 0 Å². The third-order valence-corrected chi connectivity index (χ3v) is 7.01. The van der Waals surface area contributed by atoms with Gasteiger partial charge in [-0.1, -0.05) is 18.2 Å². The average Bonchev–Trinajstić information content (AvgIpc) is 3.49. The van der Waals surface area contributed by atoms with Crippen molar-refractivity contribution in [3.05, 3.63) is 106 Å². The maximum Gasteiger partial charge on any atom is 0.170 e. The van der Waals surface area contributed by atoms with Crippen molar-refractivity contribution in [2.75, 3.05) is 0 Å². The smallest absolute Gasteiger partial charge is 0.170 e. The summed E-state index contributed by atoms with van der Waals surface area (Å²) in [5, 5.41) is 4.22. The van der Waals surface area contributed by atoms with Gasteiger partial charge >= 0.3 is 0 Å². The highest BCUT2D eigenvalue weighted by atomic mass is 79.9. The standard InChI is InChI=1S/C25H23BrN4OS/c1-16-14-19(17(2)30(16)22-11-4-3-9-20(22)26)24-23(21-10-5-6-12-27-21)28-25(32)29(24)15-18-8-7-13-31-18/h3-14,23-24H,15H2,1-2H3,(H,28,32)/t23-,24+/m0/s1. The van der Waals surface area contributed by atoms with Gasteiger partial charge in [0.2, 0.25) is 0 Å². The first kappa shape index (κ1) is 21.0. The van der Waals surface area contributed by atoms with E-state index in [-0.39, 0.29) is 12.1 Å². The first-order valence-corrected chi connectivity index (χ1v) is 11.7. The molecular formula is C25H23BrN4OS. The Labute approximate surface area is 201 Å². The monoisotopic (exact) mass is 506 g/mol. The quantitative estimate of drug-likeness (QED) is 0.335. The van der Waals surface area contributed by atoms with Crippen LogP contribution in [0.1, 0.15) is 40.5 Å². The van der Waals surface area contributed by atoms with Crippen molar-refractivity contribution < 1.29 is 4.42 Å². The van der Waals surface area contributed by atoms with Crippen LogP contribution in [0.25, 0.3) is 5.69 Å². The molecule has 5 nitrogen and oxygen atoms in total. The number of aromatic nitrogens is 2. The fourth-order valence-corrected chi connectivity index (χ4v) is 5.34. The Morgan fingerprint density at radius 3 is 2.62 bits per heavy atom. The lowest BCUT2D eigenvalue weighted by atomic mass is 9.96. The van der Waals surface area contributed by atoms with E-state index in [4.69, 9.17) is 16.6 Å². The molecular weight excluding hydrogens is 484 g/mol. The van der Waals surface area contributed by atoms with Gasteiger partial charge in [0.1, 0.15) is 5.76 Å². The van der Waals surface area contributed by atoms with Crippen LogP contribution >= 0.6 is 28.1 Å². The van der Waals surface area contributed by atoms with Crippen LogP contribution in [0.5, 0.6) is 0 Å². The number of rotatable bonds is 5. The highest BCUT2D eigenvalue weighted by molar-refractivity contribution is 9.10. The van der Waals surface area contributed by atoms with Crippen LogP contribution in [-0.4, -0.2) is 19.6 Å². The van der Waals surface area contributed by atoms with Crippen LogP contribution in [0.3, 0.4) is 0 Å². The minimum absolute atomic E-state index is 0.0232. The Kier molecular flexibility index (Phi) is 5.61. The lowest BCUT2D eigenvalue weighted by Crippen LogP contribution is -2.29. The minimum atomic E-state index is -0.0631. The molecule has 1 aromatic carbocycles. The molecule has 4 aromatic rings. The van der Waals surface area contributed by atoms with Gasteiger partial charge in [0.05, 0.1) is 36.3 Å². The Bertz CT molecular complexity index is 1250. The maximum atomic E-state index is 5.80. The van der Waals surface area contributed by atoms with Crippen molar-refractivity contribution in [2.24, 2.45) is 0 Å². The fourth-order valence-electron chi connectivity index (χ4n) is 4.58. The van der Waals surface area contributed by atoms with E-state index in [9.17, 15) is 0 Å². The molecule has 0 saturated carbocycles. The summed E-state index contributed by atoms with van der Waals surface area (Å²) in [6.07, 6.45) is 3.53. The molecule has 0 amide bonds. The van der Waals surface area contributed by atoms with Gasteiger partial charge in [0, 0.05) is 22.1 Å². The second-order valence-corrected chi connectivity index (χ2v) is 9.19. The van der Waals surface area contributed by atoms with Crippen molar-refractivity contribution in [2.45, 2.75) is 32.5 Å². The molecule has 7 heteroatoms. The summed E-state index contributed by atoms with van der Waals surface area (Å²) in [5.74, 6) is 0.875. The molecule has 0 bridgehead atoms. The van der Waals surface area contributed by atoms with Crippen LogP contribution in [0, 0.1) is 13.8 Å². The number of pyridine rings is 1. The number of furan rings is 1. The molecule has 162 valence electrons. The molecule has 32 heavy (non-hydrogen) atoms. The Morgan fingerprint density at radius 1 is 1.09 bits per heavy atom. The zero-order valence-corrected chi connectivity index (χ0v) is 20.2. The normalized spacial score (nSPS) is 18.2. The van der Waals surface area contributed by atoms with Crippen LogP contribution in [0.2, 0.25) is 0 Å². The van der Waals surface area contributed by atoms with Crippen LogP contribution in [0.4, 0.5) is 0 Å². The number of benzene rings is 1. The first-order chi connectivity index (χ1) is 15.5. The zero-order chi connectivity index (χ0) is 22.2. The number of thiocarbonyl (C=S) groups is 1. The fraction of sp³-hybridized carbons (Fsp3) is 0.200. The Balaban J connectivity index is 1.64. The second kappa shape index (κ2) is 8.56. The highest BCUT2D eigenvalue weighted by Gasteiger charge is 2.41. The van der Waals surface area contributed by atoms with E-state index >= 15 is 0 Å². The maximum absolute atomic E-state index is 5.80. The van der Waals surface area contributed by atoms with Gasteiger partial charge in [-0.2, -0.15) is 0 Å². The first-order valence-electron chi connectivity index (χ1n) is 10.5. The molecule has 1 N–H and O–H groups in total. The molecule has 0 radical (unpaired) electrons. The van der Waals surface area contributed by atoms with Crippen LogP contribution in [-0.2, 0) is 6.54 Å². The largest absolute Gasteiger partial charge is 0.467 e. The number of hydrogen-bond donors (Lipinski definition) is 1. The predicted octanol–water partition coefficient (Wildman–Crippen LogP) is 6.02. The van der Waals surface area contributed by atoms with Gasteiger partial charge < -0.3 is 19.2 Å². The summed E-state index contributed by atoms with van der Waals surface area (Å²) in [6, 6.07) is 20.4. The second-order valence-electron chi connectivity index (χ2n) is 7.95. The van der Waals surface area contributed by atoms with E-state index in [2.05, 4.69) is 79.9 Å². The van der Waals surface area contributed by atoms with Crippen molar-refractivity contribution in [3.8, 4) is 5.69 Å². The third kappa shape index (κ3) is 3.65. The summed E-state index contributed by atoms with van der Waals surface area (Å²) < 4.78 is 9.01. The molecule has 1 fully saturated rings. The van der Waals surface area contributed by atoms with Gasteiger partial charge in [-0.25, -0.2) is 0 Å². The molecule has 5 rings (SSSR count). The van der Waals surface area contributed by atoms with Gasteiger partial charge in [-0.05, 0) is 90.0 Å². The topological polar surface area (TPSA) is 46.2 Å². The van der Waals surface area contributed by atoms with Crippen LogP contribution in [0.15, 0.2) is 82.0 Å². The summed E-state index contributed by atoms with van der Waals surface area (Å²) in [6.45, 7) is 4.90. The molecule has 1 aliphatic heterocycles. The SMILES string of the molecule is Cc1cc([C@@H]2[C@H](c3ccccn3)NC(=S)N2Cc2ccco2)c(C)n1-c1ccccc1Br. The Morgan fingerprint density at radius 2 is 1.91 bits per heavy atom. The van der Waals surface area contributed by atoms with E-state index in [0.29, 0.717) is 11.7 Å². The predicted molar refractivity (Wildman–Crippen MR) is 133 cm³/mol. The molecule has 0 aliphatic carbocycles. The number of halogens is 1. The third-order valence-electron chi connectivity index (χ3n) is 5.99. The van der Waals surface area contributed by atoms with Gasteiger partial charge in [-0.15, -0.1) is 0 Å². The summed E-state index contributed by atoms with van der Waals surface area (Å²) in [5.41, 5.74) is 5.64. The minimum Gasteiger partial charge on any atom is -0.467 e. The summed E-state index contributed by atoms with van der Waals surface area (Å²) >= 11 is 9.51. The number of para-hydroxylation sites is 1.